The summed E-state index contributed by atoms with van der Waals surface area (Å²) in [5, 5.41) is 15.8. The molecule has 3 aliphatic rings. The van der Waals surface area contributed by atoms with Crippen LogP contribution in [-0.4, -0.2) is 60.2 Å². The minimum atomic E-state index is -0.814. The highest BCUT2D eigenvalue weighted by atomic mass is 35.5. The van der Waals surface area contributed by atoms with Crippen LogP contribution < -0.4 is 16.0 Å². The molecule has 0 bridgehead atoms. The van der Waals surface area contributed by atoms with Crippen LogP contribution in [0.15, 0.2) is 42.5 Å². The molecule has 7 rings (SSSR count). The topological polar surface area (TPSA) is 94.7 Å². The summed E-state index contributed by atoms with van der Waals surface area (Å²) in [6.45, 7) is 1.44. The zero-order valence-electron chi connectivity index (χ0n) is 21.1. The third-order valence-electron chi connectivity index (χ3n) is 8.53. The molecule has 1 spiro atoms. The third-order valence-corrected chi connectivity index (χ3v) is 8.83. The van der Waals surface area contributed by atoms with Gasteiger partial charge in [-0.05, 0) is 61.5 Å². The monoisotopic (exact) mass is 531 g/mol. The second-order valence-electron chi connectivity index (χ2n) is 11.1. The maximum absolute atomic E-state index is 16.7. The van der Waals surface area contributed by atoms with Gasteiger partial charge in [0.25, 0.3) is 0 Å². The zero-order chi connectivity index (χ0) is 26.5. The van der Waals surface area contributed by atoms with Gasteiger partial charge in [0.05, 0.1) is 16.1 Å². The van der Waals surface area contributed by atoms with Gasteiger partial charge in [-0.15, -0.1) is 0 Å². The number of carbonyl (C=O) groups excluding carboxylic acids is 1. The van der Waals surface area contributed by atoms with Gasteiger partial charge in [0.2, 0.25) is 5.91 Å². The van der Waals surface area contributed by atoms with E-state index >= 15 is 4.39 Å². The predicted molar refractivity (Wildman–Crippen MR) is 149 cm³/mol. The summed E-state index contributed by atoms with van der Waals surface area (Å²) in [4.78, 5) is 22.4. The van der Waals surface area contributed by atoms with E-state index in [0.717, 1.165) is 29.4 Å². The van der Waals surface area contributed by atoms with Crippen molar-refractivity contribution < 1.29 is 14.3 Å². The Morgan fingerprint density at radius 1 is 1.18 bits per heavy atom. The maximum atomic E-state index is 16.7. The van der Waals surface area contributed by atoms with Crippen molar-refractivity contribution in [2.75, 3.05) is 37.4 Å². The molecule has 4 aromatic rings. The van der Waals surface area contributed by atoms with Gasteiger partial charge < -0.3 is 26.0 Å². The molecule has 194 valence electrons. The van der Waals surface area contributed by atoms with Gasteiger partial charge in [-0.25, -0.2) is 9.37 Å². The first-order valence-electron chi connectivity index (χ1n) is 12.7. The molecule has 38 heavy (non-hydrogen) atoms. The molecule has 1 saturated heterocycles. The number of phenols is 1. The van der Waals surface area contributed by atoms with Gasteiger partial charge in [0.15, 0.2) is 11.6 Å². The largest absolute Gasteiger partial charge is 0.508 e. The summed E-state index contributed by atoms with van der Waals surface area (Å²) in [5.41, 5.74) is 7.56. The van der Waals surface area contributed by atoms with Gasteiger partial charge in [0.1, 0.15) is 11.3 Å². The molecular formula is C29H27ClFN5O2. The number of hydrogen-bond donors (Lipinski definition) is 3. The quantitative estimate of drug-likeness (QED) is 0.357. The van der Waals surface area contributed by atoms with Crippen molar-refractivity contribution in [1.29, 1.82) is 0 Å². The molecule has 0 unspecified atom stereocenters. The van der Waals surface area contributed by atoms with Crippen molar-refractivity contribution in [1.82, 2.24) is 9.88 Å². The molecule has 3 heterocycles. The Kier molecular flexibility index (Phi) is 4.99. The van der Waals surface area contributed by atoms with Crippen LogP contribution in [0.2, 0.25) is 5.02 Å². The fourth-order valence-corrected chi connectivity index (χ4v) is 6.73. The Morgan fingerprint density at radius 3 is 2.63 bits per heavy atom. The summed E-state index contributed by atoms with van der Waals surface area (Å²) >= 11 is 6.82. The van der Waals surface area contributed by atoms with Crippen molar-refractivity contribution in [3.05, 3.63) is 58.9 Å². The van der Waals surface area contributed by atoms with Crippen LogP contribution in [0.25, 0.3) is 32.8 Å². The number of nitrogens with one attached hydrogen (secondary N) is 1. The van der Waals surface area contributed by atoms with E-state index < -0.39 is 11.2 Å². The summed E-state index contributed by atoms with van der Waals surface area (Å²) in [6.07, 6.45) is 0.978. The predicted octanol–water partition coefficient (Wildman–Crippen LogP) is 4.61. The molecule has 1 aliphatic carbocycles. The standard InChI is InChI=1S/C29H27ClFN5O2/c1-35(2)16-12-36(13-16)27-26-23(29(28(38)34-26)10-15(32)11-29)20-9-21(30)22(24(31)25(20)33-27)19-8-17(37)7-14-5-3-4-6-18(14)19/h3-9,15-16,37H,10-13,32H2,1-2H3,(H,34,38). The molecule has 2 fully saturated rings. The number of aromatic hydroxyl groups is 1. The number of nitrogens with two attached hydrogens (primary N) is 1. The number of hydrogen-bond acceptors (Lipinski definition) is 6. The number of aromatic nitrogens is 1. The van der Waals surface area contributed by atoms with Gasteiger partial charge in [-0.1, -0.05) is 35.9 Å². The Balaban J connectivity index is 1.51. The van der Waals surface area contributed by atoms with E-state index in [1.54, 1.807) is 12.1 Å². The lowest BCUT2D eigenvalue weighted by Crippen LogP contribution is -2.57. The third kappa shape index (κ3) is 3.14. The maximum Gasteiger partial charge on any atom is 0.235 e. The first-order chi connectivity index (χ1) is 18.2. The van der Waals surface area contributed by atoms with E-state index in [1.807, 2.05) is 38.4 Å². The van der Waals surface area contributed by atoms with Crippen molar-refractivity contribution in [3.8, 4) is 16.9 Å². The molecule has 3 aromatic carbocycles. The number of benzene rings is 3. The van der Waals surface area contributed by atoms with Crippen LogP contribution in [0.3, 0.4) is 0 Å². The lowest BCUT2D eigenvalue weighted by atomic mass is 9.62. The van der Waals surface area contributed by atoms with E-state index in [2.05, 4.69) is 15.1 Å². The highest BCUT2D eigenvalue weighted by Gasteiger charge is 2.57. The molecule has 0 radical (unpaired) electrons. The molecule has 1 amide bonds. The van der Waals surface area contributed by atoms with Crippen LogP contribution in [0.1, 0.15) is 18.4 Å². The molecule has 1 aromatic heterocycles. The van der Waals surface area contributed by atoms with Gasteiger partial charge in [-0.2, -0.15) is 0 Å². The Bertz CT molecular complexity index is 1680. The van der Waals surface area contributed by atoms with Crippen molar-refractivity contribution in [3.63, 3.8) is 0 Å². The second-order valence-corrected chi connectivity index (χ2v) is 11.5. The average Bonchev–Trinajstić information content (AvgIpc) is 3.11. The Morgan fingerprint density at radius 2 is 1.92 bits per heavy atom. The fraction of sp³-hybridized carbons (Fsp3) is 0.310. The SMILES string of the molecule is CN(C)C1CN(c2nc3c(F)c(-c4cc(O)cc5ccccc45)c(Cl)cc3c3c2NC(=O)C32CC(N)C2)C1. The molecule has 2 aliphatic heterocycles. The summed E-state index contributed by atoms with van der Waals surface area (Å²) in [7, 11) is 4.06. The van der Waals surface area contributed by atoms with Crippen molar-refractivity contribution >= 4 is 50.7 Å². The minimum absolute atomic E-state index is 0.0179. The highest BCUT2D eigenvalue weighted by Crippen LogP contribution is 2.56. The molecule has 0 atom stereocenters. The number of likely N-dealkylation sites (N-methyl/N-ethyl adjacent to an activating group) is 1. The highest BCUT2D eigenvalue weighted by molar-refractivity contribution is 6.35. The average molecular weight is 532 g/mol. The zero-order valence-corrected chi connectivity index (χ0v) is 21.8. The number of halogens is 2. The van der Waals surface area contributed by atoms with E-state index in [1.165, 1.54) is 6.07 Å². The first kappa shape index (κ1) is 23.6. The van der Waals surface area contributed by atoms with Crippen LogP contribution in [0, 0.1) is 5.82 Å². The number of anilines is 2. The minimum Gasteiger partial charge on any atom is -0.508 e. The van der Waals surface area contributed by atoms with E-state index in [-0.39, 0.29) is 33.8 Å². The van der Waals surface area contributed by atoms with Crippen molar-refractivity contribution in [2.24, 2.45) is 5.73 Å². The number of nitrogens with zero attached hydrogens (tertiary/aromatic N) is 3. The van der Waals surface area contributed by atoms with E-state index in [9.17, 15) is 9.90 Å². The van der Waals surface area contributed by atoms with Crippen LogP contribution >= 0.6 is 11.6 Å². The van der Waals surface area contributed by atoms with Gasteiger partial charge in [0, 0.05) is 41.7 Å². The van der Waals surface area contributed by atoms with Gasteiger partial charge >= 0.3 is 0 Å². The normalized spacial score (nSPS) is 22.7. The number of rotatable bonds is 3. The van der Waals surface area contributed by atoms with E-state index in [4.69, 9.17) is 22.3 Å². The van der Waals surface area contributed by atoms with Gasteiger partial charge in [-0.3, -0.25) is 4.79 Å². The molecule has 9 heteroatoms. The smallest absolute Gasteiger partial charge is 0.235 e. The summed E-state index contributed by atoms with van der Waals surface area (Å²) in [5.74, 6) is -0.0993. The molecule has 7 nitrogen and oxygen atoms in total. The lowest BCUT2D eigenvalue weighted by Gasteiger charge is -2.45. The van der Waals surface area contributed by atoms with Crippen LogP contribution in [0.4, 0.5) is 15.9 Å². The van der Waals surface area contributed by atoms with Crippen molar-refractivity contribution in [2.45, 2.75) is 30.3 Å². The number of amides is 1. The number of carbonyl (C=O) groups is 1. The second kappa shape index (κ2) is 8.02. The Hall–Kier alpha value is -3.46. The Labute approximate surface area is 224 Å². The molecule has 4 N–H and O–H groups in total. The number of pyridine rings is 1. The fourth-order valence-electron chi connectivity index (χ4n) is 6.44. The van der Waals surface area contributed by atoms with E-state index in [0.29, 0.717) is 41.3 Å². The van der Waals surface area contributed by atoms with Crippen LogP contribution in [-0.2, 0) is 10.2 Å². The van der Waals surface area contributed by atoms with Crippen LogP contribution in [0.5, 0.6) is 5.75 Å². The number of fused-ring (bicyclic) bond motifs is 5. The summed E-state index contributed by atoms with van der Waals surface area (Å²) in [6, 6.07) is 12.6. The molecule has 1 saturated carbocycles. The first-order valence-corrected chi connectivity index (χ1v) is 13.1. The lowest BCUT2D eigenvalue weighted by molar-refractivity contribution is -0.124. The summed E-state index contributed by atoms with van der Waals surface area (Å²) < 4.78 is 16.7. The molecular weight excluding hydrogens is 505 g/mol. The number of phenolic OH excluding ortho intramolecular Hbond substituents is 1.